The van der Waals surface area contributed by atoms with Gasteiger partial charge < -0.3 is 15.4 Å². The fourth-order valence-corrected chi connectivity index (χ4v) is 5.42. The Kier molecular flexibility index (Phi) is 7.64. The van der Waals surface area contributed by atoms with Gasteiger partial charge in [-0.05, 0) is 65.3 Å². The quantitative estimate of drug-likeness (QED) is 0.251. The van der Waals surface area contributed by atoms with Crippen LogP contribution in [0.2, 0.25) is 0 Å². The molecule has 0 unspecified atom stereocenters. The Labute approximate surface area is 207 Å². The second-order valence-corrected chi connectivity index (χ2v) is 9.97. The van der Waals surface area contributed by atoms with Gasteiger partial charge in [-0.15, -0.1) is 11.3 Å². The van der Waals surface area contributed by atoms with Gasteiger partial charge in [0.25, 0.3) is 5.91 Å². The minimum Gasteiger partial charge on any atom is -0.492 e. The van der Waals surface area contributed by atoms with Gasteiger partial charge in [0.05, 0.1) is 33.8 Å². The second-order valence-electron chi connectivity index (χ2n) is 6.86. The molecule has 0 spiro atoms. The van der Waals surface area contributed by atoms with Crippen LogP contribution in [0, 0.1) is 0 Å². The van der Waals surface area contributed by atoms with E-state index in [0.717, 1.165) is 19.0 Å². The van der Waals surface area contributed by atoms with Crippen molar-refractivity contribution in [2.75, 3.05) is 23.0 Å². The summed E-state index contributed by atoms with van der Waals surface area (Å²) >= 11 is 6.26. The van der Waals surface area contributed by atoms with E-state index >= 15 is 0 Å². The molecule has 1 heterocycles. The van der Waals surface area contributed by atoms with Crippen LogP contribution in [0.4, 0.5) is 11.4 Å². The zero-order valence-corrected chi connectivity index (χ0v) is 20.9. The molecule has 0 aliphatic rings. The van der Waals surface area contributed by atoms with Crippen LogP contribution < -0.4 is 15.4 Å². The molecular weight excluding hydrogens is 522 g/mol. The number of para-hydroxylation sites is 2. The van der Waals surface area contributed by atoms with E-state index in [0.29, 0.717) is 29.3 Å². The number of nitrogens with zero attached hydrogens (tertiary/aromatic N) is 1. The van der Waals surface area contributed by atoms with Crippen molar-refractivity contribution in [2.45, 2.75) is 11.3 Å². The first-order chi connectivity index (χ1) is 16.0. The molecule has 2 amide bonds. The van der Waals surface area contributed by atoms with Gasteiger partial charge in [0, 0.05) is 10.2 Å². The Morgan fingerprint density at radius 1 is 1.06 bits per heavy atom. The monoisotopic (exact) mass is 541 g/mol. The maximum absolute atomic E-state index is 12.6. The van der Waals surface area contributed by atoms with E-state index < -0.39 is 0 Å². The van der Waals surface area contributed by atoms with Gasteiger partial charge in [-0.25, -0.2) is 4.98 Å². The Balaban J connectivity index is 1.39. The van der Waals surface area contributed by atoms with Crippen LogP contribution in [0.15, 0.2) is 75.5 Å². The van der Waals surface area contributed by atoms with E-state index in [2.05, 4.69) is 31.5 Å². The molecule has 6 nitrogen and oxygen atoms in total. The predicted molar refractivity (Wildman–Crippen MR) is 139 cm³/mol. The largest absolute Gasteiger partial charge is 0.492 e. The summed E-state index contributed by atoms with van der Waals surface area (Å²) in [6.07, 6.45) is 0. The van der Waals surface area contributed by atoms with Crippen LogP contribution in [0.5, 0.6) is 5.75 Å². The number of nitrogens with one attached hydrogen (secondary N) is 2. The normalized spacial score (nSPS) is 10.7. The first-order valence-electron chi connectivity index (χ1n) is 10.1. The van der Waals surface area contributed by atoms with Crippen molar-refractivity contribution in [3.63, 3.8) is 0 Å². The third-order valence-electron chi connectivity index (χ3n) is 4.53. The number of thioether (sulfide) groups is 1. The number of hydrogen-bond acceptors (Lipinski definition) is 6. The summed E-state index contributed by atoms with van der Waals surface area (Å²) in [7, 11) is 0. The van der Waals surface area contributed by atoms with Crippen LogP contribution in [0.1, 0.15) is 17.3 Å². The number of ether oxygens (including phenoxy) is 1. The SMILES string of the molecule is CCOc1ccccc1NC(=O)CSc1nc2ccc(NC(=O)c3ccccc3Br)cc2s1. The Morgan fingerprint density at radius 2 is 1.85 bits per heavy atom. The number of hydrogen-bond donors (Lipinski definition) is 2. The number of amides is 2. The fourth-order valence-electron chi connectivity index (χ4n) is 3.05. The number of anilines is 2. The van der Waals surface area contributed by atoms with Crippen LogP contribution in [0.3, 0.4) is 0 Å². The van der Waals surface area contributed by atoms with Gasteiger partial charge in [0.15, 0.2) is 4.34 Å². The van der Waals surface area contributed by atoms with Gasteiger partial charge in [-0.2, -0.15) is 0 Å². The number of thiazole rings is 1. The topological polar surface area (TPSA) is 80.3 Å². The highest BCUT2D eigenvalue weighted by Crippen LogP contribution is 2.32. The molecule has 9 heteroatoms. The molecule has 4 rings (SSSR count). The van der Waals surface area contributed by atoms with Crippen molar-refractivity contribution < 1.29 is 14.3 Å². The number of rotatable bonds is 8. The molecule has 3 aromatic carbocycles. The predicted octanol–water partition coefficient (Wildman–Crippen LogP) is 6.44. The van der Waals surface area contributed by atoms with Crippen molar-refractivity contribution >= 4 is 72.4 Å². The van der Waals surface area contributed by atoms with Gasteiger partial charge >= 0.3 is 0 Å². The van der Waals surface area contributed by atoms with E-state index in [1.165, 1.54) is 23.1 Å². The maximum atomic E-state index is 12.6. The van der Waals surface area contributed by atoms with Crippen molar-refractivity contribution in [2.24, 2.45) is 0 Å². The summed E-state index contributed by atoms with van der Waals surface area (Å²) < 4.78 is 8.01. The standard InChI is InChI=1S/C24H20BrN3O3S2/c1-2-31-20-10-6-5-9-18(20)27-22(29)14-32-24-28-19-12-11-15(13-21(19)33-24)26-23(30)16-7-3-4-8-17(16)25/h3-13H,2,14H2,1H3,(H,26,30)(H,27,29). The molecule has 0 fully saturated rings. The summed E-state index contributed by atoms with van der Waals surface area (Å²) in [4.78, 5) is 29.6. The summed E-state index contributed by atoms with van der Waals surface area (Å²) in [6, 6.07) is 20.2. The lowest BCUT2D eigenvalue weighted by Crippen LogP contribution is -2.14. The highest BCUT2D eigenvalue weighted by molar-refractivity contribution is 9.10. The number of carbonyl (C=O) groups is 2. The molecule has 0 atom stereocenters. The zero-order chi connectivity index (χ0) is 23.2. The van der Waals surface area contributed by atoms with E-state index in [-0.39, 0.29) is 17.6 Å². The first-order valence-corrected chi connectivity index (χ1v) is 12.7. The third-order valence-corrected chi connectivity index (χ3v) is 7.39. The molecule has 0 aliphatic heterocycles. The Bertz CT molecular complexity index is 1310. The highest BCUT2D eigenvalue weighted by Gasteiger charge is 2.13. The molecule has 2 N–H and O–H groups in total. The highest BCUT2D eigenvalue weighted by atomic mass is 79.9. The summed E-state index contributed by atoms with van der Waals surface area (Å²) in [5.41, 5.74) is 2.73. The lowest BCUT2D eigenvalue weighted by Gasteiger charge is -2.10. The van der Waals surface area contributed by atoms with E-state index in [4.69, 9.17) is 4.74 Å². The van der Waals surface area contributed by atoms with Gasteiger partial charge in [0.2, 0.25) is 5.91 Å². The molecule has 33 heavy (non-hydrogen) atoms. The number of carbonyl (C=O) groups excluding carboxylic acids is 2. The van der Waals surface area contributed by atoms with E-state index in [1.54, 1.807) is 6.07 Å². The summed E-state index contributed by atoms with van der Waals surface area (Å²) in [5.74, 6) is 0.555. The van der Waals surface area contributed by atoms with Gasteiger partial charge in [-0.3, -0.25) is 9.59 Å². The zero-order valence-electron chi connectivity index (χ0n) is 17.6. The van der Waals surface area contributed by atoms with Crippen molar-refractivity contribution in [1.82, 2.24) is 4.98 Å². The molecule has 0 radical (unpaired) electrons. The molecule has 4 aromatic rings. The Hall–Kier alpha value is -2.88. The fraction of sp³-hybridized carbons (Fsp3) is 0.125. The maximum Gasteiger partial charge on any atom is 0.256 e. The minimum absolute atomic E-state index is 0.132. The van der Waals surface area contributed by atoms with E-state index in [9.17, 15) is 9.59 Å². The first kappa shape index (κ1) is 23.3. The molecule has 168 valence electrons. The molecule has 0 aliphatic carbocycles. The summed E-state index contributed by atoms with van der Waals surface area (Å²) in [5, 5.41) is 5.81. The third kappa shape index (κ3) is 5.93. The molecule has 0 bridgehead atoms. The second kappa shape index (κ2) is 10.8. The molecular formula is C24H20BrN3O3S2. The van der Waals surface area contributed by atoms with Crippen molar-refractivity contribution in [1.29, 1.82) is 0 Å². The molecule has 0 saturated heterocycles. The average molecular weight is 542 g/mol. The van der Waals surface area contributed by atoms with Crippen molar-refractivity contribution in [3.05, 3.63) is 76.8 Å². The number of halogens is 1. The van der Waals surface area contributed by atoms with Crippen molar-refractivity contribution in [3.8, 4) is 5.75 Å². The molecule has 0 saturated carbocycles. The average Bonchev–Trinajstić information content (AvgIpc) is 3.22. The lowest BCUT2D eigenvalue weighted by atomic mass is 10.2. The van der Waals surface area contributed by atoms with Gasteiger partial charge in [0.1, 0.15) is 5.75 Å². The minimum atomic E-state index is -0.190. The lowest BCUT2D eigenvalue weighted by molar-refractivity contribution is -0.113. The van der Waals surface area contributed by atoms with Crippen LogP contribution >= 0.6 is 39.0 Å². The van der Waals surface area contributed by atoms with Crippen LogP contribution in [-0.4, -0.2) is 29.2 Å². The smallest absolute Gasteiger partial charge is 0.256 e. The number of benzene rings is 3. The summed E-state index contributed by atoms with van der Waals surface area (Å²) in [6.45, 7) is 2.43. The van der Waals surface area contributed by atoms with Gasteiger partial charge in [-0.1, -0.05) is 36.0 Å². The van der Waals surface area contributed by atoms with Crippen LogP contribution in [0.25, 0.3) is 10.2 Å². The number of fused-ring (bicyclic) bond motifs is 1. The van der Waals surface area contributed by atoms with Crippen LogP contribution in [-0.2, 0) is 4.79 Å². The Morgan fingerprint density at radius 3 is 2.67 bits per heavy atom. The molecule has 1 aromatic heterocycles. The van der Waals surface area contributed by atoms with E-state index in [1.807, 2.05) is 67.6 Å². The number of aromatic nitrogens is 1.